The van der Waals surface area contributed by atoms with Crippen molar-refractivity contribution in [1.29, 1.82) is 0 Å². The van der Waals surface area contributed by atoms with Gasteiger partial charge in [0.25, 0.3) is 5.91 Å². The quantitative estimate of drug-likeness (QED) is 0.761. The maximum atomic E-state index is 13.3. The Kier molecular flexibility index (Phi) is 5.13. The molecule has 2 N–H and O–H groups in total. The number of anilines is 1. The number of hydrogen-bond acceptors (Lipinski definition) is 6. The number of nitrogens with zero attached hydrogens (tertiary/aromatic N) is 4. The van der Waals surface area contributed by atoms with Gasteiger partial charge < -0.3 is 20.1 Å². The Labute approximate surface area is 171 Å². The van der Waals surface area contributed by atoms with Crippen LogP contribution in [0.1, 0.15) is 42.7 Å². The lowest BCUT2D eigenvalue weighted by Crippen LogP contribution is -2.46. The van der Waals surface area contributed by atoms with E-state index >= 15 is 0 Å². The van der Waals surface area contributed by atoms with Crippen molar-refractivity contribution in [1.82, 2.24) is 19.9 Å². The number of hydrogen-bond donors (Lipinski definition) is 2. The fourth-order valence-electron chi connectivity index (χ4n) is 3.65. The molecule has 2 fully saturated rings. The molecule has 1 amide bonds. The molecule has 2 aromatic heterocycles. The van der Waals surface area contributed by atoms with Gasteiger partial charge in [0.2, 0.25) is 6.41 Å². The van der Waals surface area contributed by atoms with E-state index in [4.69, 9.17) is 4.74 Å². The number of aliphatic hydroxyl groups is 1. The first-order chi connectivity index (χ1) is 14.1. The number of amides is 1. The molecule has 2 unspecified atom stereocenters. The van der Waals surface area contributed by atoms with Crippen molar-refractivity contribution in [3.63, 3.8) is 0 Å². The van der Waals surface area contributed by atoms with Gasteiger partial charge in [-0.1, -0.05) is 13.8 Å². The summed E-state index contributed by atoms with van der Waals surface area (Å²) in [5, 5.41) is 16.5. The number of aliphatic hydroxyl groups excluding tert-OH is 1. The molecule has 1 saturated carbocycles. The van der Waals surface area contributed by atoms with Gasteiger partial charge in [-0.2, -0.15) is 18.3 Å². The molecule has 4 rings (SSSR count). The summed E-state index contributed by atoms with van der Waals surface area (Å²) < 4.78 is 46.8. The average Bonchev–Trinajstić information content (AvgIpc) is 3.26. The third-order valence-corrected chi connectivity index (χ3v) is 5.59. The number of aryl methyl sites for hydroxylation is 1. The second-order valence-corrected chi connectivity index (χ2v) is 8.28. The number of alkyl halides is 3. The van der Waals surface area contributed by atoms with Gasteiger partial charge in [-0.3, -0.25) is 4.79 Å². The predicted molar refractivity (Wildman–Crippen MR) is 101 cm³/mol. The Hall–Kier alpha value is -2.40. The molecule has 3 atom stereocenters. The number of halogens is 3. The van der Waals surface area contributed by atoms with Crippen LogP contribution in [0.2, 0.25) is 0 Å². The summed E-state index contributed by atoms with van der Waals surface area (Å²) in [7, 11) is 0. The van der Waals surface area contributed by atoms with E-state index in [1.807, 2.05) is 13.8 Å². The molecular weight excluding hydrogens is 403 g/mol. The summed E-state index contributed by atoms with van der Waals surface area (Å²) >= 11 is 0. The van der Waals surface area contributed by atoms with Crippen molar-refractivity contribution < 1.29 is 27.8 Å². The number of carbonyl (C=O) groups is 1. The molecule has 3 heterocycles. The minimum Gasteiger partial charge on any atom is -0.351 e. The van der Waals surface area contributed by atoms with Crippen LogP contribution >= 0.6 is 0 Å². The van der Waals surface area contributed by atoms with Crippen LogP contribution in [0.15, 0.2) is 12.3 Å². The molecule has 164 valence electrons. The topological polar surface area (TPSA) is 92.0 Å². The van der Waals surface area contributed by atoms with Gasteiger partial charge in [0.1, 0.15) is 17.4 Å². The third-order valence-electron chi connectivity index (χ3n) is 5.59. The normalized spacial score (nSPS) is 23.4. The summed E-state index contributed by atoms with van der Waals surface area (Å²) in [6, 6.07) is -0.204. The highest BCUT2D eigenvalue weighted by molar-refractivity contribution is 6.00. The zero-order chi connectivity index (χ0) is 21.8. The highest BCUT2D eigenvalue weighted by atomic mass is 19.4. The standard InChI is InChI=1S/C19H24F3N5O3/c1-9(2)13-8-26(18(29)30-13)14-6-10(3)27-16(24-14)12(7-23-27)17(28)25-15(11-4-5-11)19(20,21)22/h6-7,9,11,13,15,18,29H,4-5,8H2,1-3H3,(H,25,28)/t13?,15-,18?/m0/s1. The number of aromatic nitrogens is 3. The fraction of sp³-hybridized carbons (Fsp3) is 0.632. The van der Waals surface area contributed by atoms with Gasteiger partial charge in [-0.15, -0.1) is 0 Å². The van der Waals surface area contributed by atoms with Crippen molar-refractivity contribution in [2.24, 2.45) is 11.8 Å². The van der Waals surface area contributed by atoms with Crippen LogP contribution in [0.3, 0.4) is 0 Å². The van der Waals surface area contributed by atoms with E-state index in [9.17, 15) is 23.1 Å². The van der Waals surface area contributed by atoms with Crippen molar-refractivity contribution in [2.45, 2.75) is 58.3 Å². The number of carbonyl (C=O) groups excluding carboxylic acids is 1. The van der Waals surface area contributed by atoms with Crippen LogP contribution in [0.25, 0.3) is 5.65 Å². The van der Waals surface area contributed by atoms with E-state index in [2.05, 4.69) is 15.4 Å². The van der Waals surface area contributed by atoms with Crippen LogP contribution < -0.4 is 10.2 Å². The Morgan fingerprint density at radius 3 is 2.63 bits per heavy atom. The van der Waals surface area contributed by atoms with E-state index in [-0.39, 0.29) is 23.2 Å². The monoisotopic (exact) mass is 427 g/mol. The molecule has 1 saturated heterocycles. The van der Waals surface area contributed by atoms with Gasteiger partial charge >= 0.3 is 6.18 Å². The molecule has 2 aliphatic rings. The maximum absolute atomic E-state index is 13.3. The summed E-state index contributed by atoms with van der Waals surface area (Å²) in [5.41, 5.74) is 0.688. The second-order valence-electron chi connectivity index (χ2n) is 8.28. The van der Waals surface area contributed by atoms with Gasteiger partial charge in [-0.25, -0.2) is 9.50 Å². The molecule has 1 aliphatic heterocycles. The van der Waals surface area contributed by atoms with Crippen molar-refractivity contribution >= 4 is 17.4 Å². The van der Waals surface area contributed by atoms with Gasteiger partial charge in [-0.05, 0) is 31.6 Å². The molecule has 0 bridgehead atoms. The average molecular weight is 427 g/mol. The highest BCUT2D eigenvalue weighted by Gasteiger charge is 2.50. The van der Waals surface area contributed by atoms with Gasteiger partial charge in [0, 0.05) is 11.8 Å². The molecule has 0 aromatic carbocycles. The molecule has 8 nitrogen and oxygen atoms in total. The van der Waals surface area contributed by atoms with E-state index in [0.29, 0.717) is 30.9 Å². The van der Waals surface area contributed by atoms with Crippen LogP contribution in [0.5, 0.6) is 0 Å². The van der Waals surface area contributed by atoms with E-state index in [1.165, 1.54) is 10.7 Å². The molecular formula is C19H24F3N5O3. The van der Waals surface area contributed by atoms with Crippen molar-refractivity contribution in [3.05, 3.63) is 23.5 Å². The van der Waals surface area contributed by atoms with Crippen LogP contribution in [-0.4, -0.2) is 56.9 Å². The molecule has 0 radical (unpaired) electrons. The van der Waals surface area contributed by atoms with Gasteiger partial charge in [0.15, 0.2) is 5.65 Å². The first kappa shape index (κ1) is 20.9. The number of ether oxygens (including phenoxy) is 1. The van der Waals surface area contributed by atoms with Crippen LogP contribution in [0.4, 0.5) is 19.0 Å². The molecule has 30 heavy (non-hydrogen) atoms. The van der Waals surface area contributed by atoms with Crippen molar-refractivity contribution in [3.8, 4) is 0 Å². The highest BCUT2D eigenvalue weighted by Crippen LogP contribution is 2.40. The number of rotatable bonds is 5. The molecule has 0 spiro atoms. The third kappa shape index (κ3) is 3.83. The predicted octanol–water partition coefficient (Wildman–Crippen LogP) is 2.25. The minimum atomic E-state index is -4.52. The Morgan fingerprint density at radius 2 is 2.07 bits per heavy atom. The minimum absolute atomic E-state index is 0.0511. The van der Waals surface area contributed by atoms with Crippen molar-refractivity contribution in [2.75, 3.05) is 11.4 Å². The Balaban J connectivity index is 1.65. The second kappa shape index (κ2) is 7.38. The first-order valence-electron chi connectivity index (χ1n) is 9.89. The zero-order valence-electron chi connectivity index (χ0n) is 16.8. The lowest BCUT2D eigenvalue weighted by molar-refractivity contribution is -0.158. The smallest absolute Gasteiger partial charge is 0.351 e. The SMILES string of the molecule is Cc1cc(N2CC(C(C)C)OC2O)nc2c(C(=O)N[C@@H](C3CC3)C(F)(F)F)cnn12. The molecule has 11 heteroatoms. The molecule has 2 aromatic rings. The van der Waals surface area contributed by atoms with E-state index in [1.54, 1.807) is 17.9 Å². The number of fused-ring (bicyclic) bond motifs is 1. The van der Waals surface area contributed by atoms with E-state index in [0.717, 1.165) is 0 Å². The summed E-state index contributed by atoms with van der Waals surface area (Å²) in [5.74, 6) is -0.931. The fourth-order valence-corrected chi connectivity index (χ4v) is 3.65. The summed E-state index contributed by atoms with van der Waals surface area (Å²) in [6.07, 6.45) is -3.83. The summed E-state index contributed by atoms with van der Waals surface area (Å²) in [4.78, 5) is 18.6. The first-order valence-corrected chi connectivity index (χ1v) is 9.89. The largest absolute Gasteiger partial charge is 0.408 e. The zero-order valence-corrected chi connectivity index (χ0v) is 16.8. The van der Waals surface area contributed by atoms with Gasteiger partial charge in [0.05, 0.1) is 18.8 Å². The Bertz CT molecular complexity index is 957. The number of nitrogens with one attached hydrogen (secondary N) is 1. The summed E-state index contributed by atoms with van der Waals surface area (Å²) in [6.45, 7) is 6.08. The van der Waals surface area contributed by atoms with Crippen LogP contribution in [-0.2, 0) is 4.74 Å². The van der Waals surface area contributed by atoms with E-state index < -0.39 is 30.5 Å². The lowest BCUT2D eigenvalue weighted by Gasteiger charge is -2.21. The van der Waals surface area contributed by atoms with Crippen LogP contribution in [0, 0.1) is 18.8 Å². The molecule has 1 aliphatic carbocycles. The maximum Gasteiger partial charge on any atom is 0.408 e. The Morgan fingerprint density at radius 1 is 1.37 bits per heavy atom. The lowest BCUT2D eigenvalue weighted by atomic mass is 10.1.